The maximum absolute atomic E-state index is 13.6. The predicted octanol–water partition coefficient (Wildman–Crippen LogP) is 3.80. The third kappa shape index (κ3) is 5.76. The molecule has 2 aliphatic heterocycles. The van der Waals surface area contributed by atoms with E-state index in [0.717, 1.165) is 17.7 Å². The molecule has 2 aromatic carbocycles. The van der Waals surface area contributed by atoms with Crippen molar-refractivity contribution in [2.24, 2.45) is 0 Å². The standard InChI is InChI=1S/C27H30F4N2O4/c1-32(2)12-4-5-13-33-23(19-6-9-21(28)10-7-19)15-37-26(33)16-25(34,17-36-18-26)22-14-20(27(29,30)31)8-11-24(22)35-3/h6-11,14,23,34H,12-13,15-18H2,1-3H3/t23-,25+,26?/m1/s1. The molecular weight excluding hydrogens is 492 g/mol. The summed E-state index contributed by atoms with van der Waals surface area (Å²) in [4.78, 5) is 3.86. The topological polar surface area (TPSA) is 54.4 Å². The Balaban J connectivity index is 1.72. The molecule has 0 amide bonds. The number of ether oxygens (including phenoxy) is 3. The number of benzene rings is 2. The van der Waals surface area contributed by atoms with Crippen molar-refractivity contribution in [2.75, 3.05) is 54.1 Å². The van der Waals surface area contributed by atoms with E-state index < -0.39 is 23.1 Å². The van der Waals surface area contributed by atoms with E-state index in [-0.39, 0.29) is 56.0 Å². The van der Waals surface area contributed by atoms with E-state index in [1.54, 1.807) is 12.1 Å². The molecule has 37 heavy (non-hydrogen) atoms. The van der Waals surface area contributed by atoms with Gasteiger partial charge < -0.3 is 19.3 Å². The van der Waals surface area contributed by atoms with Gasteiger partial charge in [-0.3, -0.25) is 9.80 Å². The van der Waals surface area contributed by atoms with Crippen LogP contribution in [0.3, 0.4) is 0 Å². The predicted molar refractivity (Wildman–Crippen MR) is 128 cm³/mol. The molecule has 2 heterocycles. The maximum atomic E-state index is 13.6. The van der Waals surface area contributed by atoms with Crippen LogP contribution in [0.4, 0.5) is 17.6 Å². The molecule has 3 atom stereocenters. The van der Waals surface area contributed by atoms with Gasteiger partial charge in [-0.1, -0.05) is 24.0 Å². The molecular formula is C27H30F4N2O4. The summed E-state index contributed by atoms with van der Waals surface area (Å²) < 4.78 is 71.5. The second-order valence-electron chi connectivity index (χ2n) is 9.66. The number of halogens is 4. The molecule has 4 rings (SSSR count). The number of hydrogen-bond donors (Lipinski definition) is 1. The van der Waals surface area contributed by atoms with Crippen molar-refractivity contribution in [1.82, 2.24) is 9.80 Å². The Morgan fingerprint density at radius 1 is 1.14 bits per heavy atom. The Kier molecular flexibility index (Phi) is 7.83. The van der Waals surface area contributed by atoms with Crippen LogP contribution in [-0.2, 0) is 21.3 Å². The average molecular weight is 523 g/mol. The first-order valence-electron chi connectivity index (χ1n) is 11.8. The number of aliphatic hydroxyl groups is 1. The molecule has 1 N–H and O–H groups in total. The van der Waals surface area contributed by atoms with Crippen LogP contribution in [0.15, 0.2) is 42.5 Å². The lowest BCUT2D eigenvalue weighted by Crippen LogP contribution is -2.58. The number of methoxy groups -OCH3 is 1. The van der Waals surface area contributed by atoms with Crippen molar-refractivity contribution in [3.05, 3.63) is 65.0 Å². The molecule has 0 aromatic heterocycles. The molecule has 10 heteroatoms. The van der Waals surface area contributed by atoms with E-state index in [1.807, 2.05) is 23.9 Å². The van der Waals surface area contributed by atoms with E-state index in [9.17, 15) is 22.7 Å². The summed E-state index contributed by atoms with van der Waals surface area (Å²) in [5.74, 6) is 5.95. The summed E-state index contributed by atoms with van der Waals surface area (Å²) in [6.07, 6.45) is -4.68. The lowest BCUT2D eigenvalue weighted by Gasteiger charge is -2.47. The van der Waals surface area contributed by atoms with Crippen LogP contribution in [0.1, 0.15) is 29.2 Å². The van der Waals surface area contributed by atoms with Gasteiger partial charge in [0.1, 0.15) is 22.9 Å². The lowest BCUT2D eigenvalue weighted by molar-refractivity contribution is -0.227. The molecule has 2 aromatic rings. The molecule has 0 saturated carbocycles. The minimum Gasteiger partial charge on any atom is -0.496 e. The van der Waals surface area contributed by atoms with Crippen LogP contribution in [0.5, 0.6) is 5.75 Å². The van der Waals surface area contributed by atoms with Crippen LogP contribution < -0.4 is 4.74 Å². The molecule has 0 radical (unpaired) electrons. The third-order valence-corrected chi connectivity index (χ3v) is 6.70. The number of rotatable bonds is 5. The molecule has 1 unspecified atom stereocenters. The number of alkyl halides is 3. The first-order valence-corrected chi connectivity index (χ1v) is 11.8. The molecule has 1 spiro atoms. The molecule has 0 aliphatic carbocycles. The van der Waals surface area contributed by atoms with E-state index in [1.165, 1.54) is 25.3 Å². The minimum absolute atomic E-state index is 0.0311. The van der Waals surface area contributed by atoms with Gasteiger partial charge in [0.15, 0.2) is 0 Å². The Hall–Kier alpha value is -2.68. The van der Waals surface area contributed by atoms with Crippen molar-refractivity contribution in [3.63, 3.8) is 0 Å². The number of hydrogen-bond acceptors (Lipinski definition) is 6. The summed E-state index contributed by atoms with van der Waals surface area (Å²) in [6, 6.07) is 8.71. The number of nitrogens with zero attached hydrogens (tertiary/aromatic N) is 2. The summed E-state index contributed by atoms with van der Waals surface area (Å²) in [7, 11) is 5.13. The van der Waals surface area contributed by atoms with E-state index in [0.29, 0.717) is 6.54 Å². The highest BCUT2D eigenvalue weighted by atomic mass is 19.4. The highest BCUT2D eigenvalue weighted by Gasteiger charge is 2.56. The highest BCUT2D eigenvalue weighted by Crippen LogP contribution is 2.48. The van der Waals surface area contributed by atoms with Crippen LogP contribution in [-0.4, -0.2) is 74.7 Å². The zero-order valence-corrected chi connectivity index (χ0v) is 20.9. The van der Waals surface area contributed by atoms with E-state index >= 15 is 0 Å². The Morgan fingerprint density at radius 3 is 2.51 bits per heavy atom. The van der Waals surface area contributed by atoms with Crippen molar-refractivity contribution >= 4 is 0 Å². The minimum atomic E-state index is -4.60. The van der Waals surface area contributed by atoms with Gasteiger partial charge in [0, 0.05) is 12.0 Å². The molecule has 2 saturated heterocycles. The SMILES string of the molecule is COc1ccc(C(F)(F)F)cc1[C@@]1(O)COCC2(C1)OC[C@H](c1ccc(F)cc1)N2CC#CCN(C)C. The van der Waals surface area contributed by atoms with Gasteiger partial charge in [-0.25, -0.2) is 4.39 Å². The summed E-state index contributed by atoms with van der Waals surface area (Å²) in [5, 5.41) is 11.8. The third-order valence-electron chi connectivity index (χ3n) is 6.70. The van der Waals surface area contributed by atoms with Crippen molar-refractivity contribution in [2.45, 2.75) is 30.0 Å². The fraction of sp³-hybridized carbons (Fsp3) is 0.481. The van der Waals surface area contributed by atoms with Crippen LogP contribution in [0.2, 0.25) is 0 Å². The van der Waals surface area contributed by atoms with Gasteiger partial charge >= 0.3 is 6.18 Å². The van der Waals surface area contributed by atoms with Crippen molar-refractivity contribution < 1.29 is 36.9 Å². The summed E-state index contributed by atoms with van der Waals surface area (Å²) in [5.41, 5.74) is -3.16. The van der Waals surface area contributed by atoms with Gasteiger partial charge in [-0.05, 0) is 50.0 Å². The van der Waals surface area contributed by atoms with Crippen LogP contribution >= 0.6 is 0 Å². The average Bonchev–Trinajstić information content (AvgIpc) is 3.17. The van der Waals surface area contributed by atoms with E-state index in [4.69, 9.17) is 14.2 Å². The Bertz CT molecular complexity index is 1160. The van der Waals surface area contributed by atoms with Crippen molar-refractivity contribution in [3.8, 4) is 17.6 Å². The zero-order valence-electron chi connectivity index (χ0n) is 20.9. The maximum Gasteiger partial charge on any atom is 0.416 e. The summed E-state index contributed by atoms with van der Waals surface area (Å²) in [6.45, 7) is 0.820. The highest BCUT2D eigenvalue weighted by molar-refractivity contribution is 5.43. The van der Waals surface area contributed by atoms with Gasteiger partial charge in [-0.2, -0.15) is 13.2 Å². The fourth-order valence-corrected chi connectivity index (χ4v) is 4.90. The largest absolute Gasteiger partial charge is 0.496 e. The van der Waals surface area contributed by atoms with Gasteiger partial charge in [-0.15, -0.1) is 0 Å². The van der Waals surface area contributed by atoms with Crippen LogP contribution in [0.25, 0.3) is 0 Å². The molecule has 2 aliphatic rings. The normalized spacial score (nSPS) is 26.4. The van der Waals surface area contributed by atoms with Gasteiger partial charge in [0.25, 0.3) is 0 Å². The summed E-state index contributed by atoms with van der Waals surface area (Å²) >= 11 is 0. The van der Waals surface area contributed by atoms with E-state index in [2.05, 4.69) is 11.8 Å². The quantitative estimate of drug-likeness (QED) is 0.477. The molecule has 0 bridgehead atoms. The zero-order chi connectivity index (χ0) is 26.8. The fourth-order valence-electron chi connectivity index (χ4n) is 4.90. The molecule has 6 nitrogen and oxygen atoms in total. The first-order chi connectivity index (χ1) is 17.5. The van der Waals surface area contributed by atoms with Gasteiger partial charge in [0.05, 0.1) is 51.6 Å². The molecule has 2 fully saturated rings. The second-order valence-corrected chi connectivity index (χ2v) is 9.66. The second kappa shape index (κ2) is 10.6. The van der Waals surface area contributed by atoms with Crippen LogP contribution in [0, 0.1) is 17.7 Å². The Morgan fingerprint density at radius 2 is 1.86 bits per heavy atom. The Labute approximate surface area is 213 Å². The first kappa shape index (κ1) is 27.4. The monoisotopic (exact) mass is 522 g/mol. The molecule has 200 valence electrons. The smallest absolute Gasteiger partial charge is 0.416 e. The van der Waals surface area contributed by atoms with Crippen molar-refractivity contribution in [1.29, 1.82) is 0 Å². The lowest BCUT2D eigenvalue weighted by atomic mass is 9.82. The van der Waals surface area contributed by atoms with Gasteiger partial charge in [0.2, 0.25) is 0 Å².